The summed E-state index contributed by atoms with van der Waals surface area (Å²) in [4.78, 5) is 16.7. The van der Waals surface area contributed by atoms with E-state index in [9.17, 15) is 4.79 Å². The summed E-state index contributed by atoms with van der Waals surface area (Å²) >= 11 is 0. The molecule has 7 heteroatoms. The Balaban J connectivity index is 1.54. The molecule has 0 aliphatic heterocycles. The number of carbonyl (C=O) groups is 1. The van der Waals surface area contributed by atoms with Crippen molar-refractivity contribution >= 4 is 5.91 Å². The number of hydrogen-bond donors (Lipinski definition) is 1. The minimum atomic E-state index is -0.0977. The Morgan fingerprint density at radius 1 is 1.44 bits per heavy atom. The lowest BCUT2D eigenvalue weighted by molar-refractivity contribution is 0.0936. The van der Waals surface area contributed by atoms with Gasteiger partial charge in [-0.25, -0.2) is 0 Å². The lowest BCUT2D eigenvalue weighted by Gasteiger charge is -2.13. The smallest absolute Gasteiger partial charge is 0.257 e. The zero-order valence-electron chi connectivity index (χ0n) is 14.2. The third-order valence-corrected chi connectivity index (χ3v) is 4.52. The molecule has 1 aliphatic rings. The van der Waals surface area contributed by atoms with Crippen LogP contribution in [0.1, 0.15) is 46.7 Å². The first-order valence-corrected chi connectivity index (χ1v) is 8.39. The second-order valence-corrected chi connectivity index (χ2v) is 6.25. The molecule has 1 aliphatic carbocycles. The first-order valence-electron chi connectivity index (χ1n) is 8.39. The molecular formula is C18H19N5O2. The van der Waals surface area contributed by atoms with Crippen molar-refractivity contribution in [2.75, 3.05) is 0 Å². The van der Waals surface area contributed by atoms with Crippen LogP contribution in [0.25, 0.3) is 11.5 Å². The van der Waals surface area contributed by atoms with Crippen molar-refractivity contribution in [3.63, 3.8) is 0 Å². The van der Waals surface area contributed by atoms with Gasteiger partial charge in [-0.05, 0) is 36.1 Å². The summed E-state index contributed by atoms with van der Waals surface area (Å²) in [5.74, 6) is 1.15. The summed E-state index contributed by atoms with van der Waals surface area (Å²) in [5.41, 5.74) is 3.86. The minimum absolute atomic E-state index is 0.0191. The second kappa shape index (κ2) is 6.16. The molecule has 0 unspecified atom stereocenters. The second-order valence-electron chi connectivity index (χ2n) is 6.25. The van der Waals surface area contributed by atoms with E-state index in [0.717, 1.165) is 30.4 Å². The fourth-order valence-electron chi connectivity index (χ4n) is 3.20. The lowest BCUT2D eigenvalue weighted by atomic mass is 10.0. The molecule has 0 radical (unpaired) electrons. The van der Waals surface area contributed by atoms with Gasteiger partial charge < -0.3 is 9.84 Å². The Kier molecular flexibility index (Phi) is 3.83. The number of nitrogens with zero attached hydrogens (tertiary/aromatic N) is 4. The van der Waals surface area contributed by atoms with Gasteiger partial charge >= 0.3 is 0 Å². The van der Waals surface area contributed by atoms with E-state index in [0.29, 0.717) is 17.3 Å². The zero-order valence-corrected chi connectivity index (χ0v) is 14.2. The van der Waals surface area contributed by atoms with E-state index in [1.165, 1.54) is 5.56 Å². The maximum atomic E-state index is 12.4. The molecule has 1 atom stereocenters. The largest absolute Gasteiger partial charge is 0.345 e. The monoisotopic (exact) mass is 337 g/mol. The van der Waals surface area contributed by atoms with Crippen molar-refractivity contribution in [3.05, 3.63) is 53.1 Å². The molecule has 1 N–H and O–H groups in total. The van der Waals surface area contributed by atoms with Crippen LogP contribution >= 0.6 is 0 Å². The van der Waals surface area contributed by atoms with Gasteiger partial charge in [0, 0.05) is 25.2 Å². The highest BCUT2D eigenvalue weighted by molar-refractivity contribution is 5.94. The van der Waals surface area contributed by atoms with Gasteiger partial charge in [-0.2, -0.15) is 10.1 Å². The van der Waals surface area contributed by atoms with Crippen LogP contribution in [0.4, 0.5) is 0 Å². The Morgan fingerprint density at radius 2 is 2.32 bits per heavy atom. The van der Waals surface area contributed by atoms with Crippen LogP contribution < -0.4 is 5.32 Å². The average Bonchev–Trinajstić information content (AvgIpc) is 3.34. The highest BCUT2D eigenvalue weighted by Gasteiger charge is 2.25. The van der Waals surface area contributed by atoms with E-state index in [-0.39, 0.29) is 11.9 Å². The number of aryl methyl sites for hydroxylation is 3. The normalized spacial score (nSPS) is 16.0. The summed E-state index contributed by atoms with van der Waals surface area (Å²) < 4.78 is 6.94. The van der Waals surface area contributed by atoms with Crippen molar-refractivity contribution < 1.29 is 9.32 Å². The standard InChI is InChI=1S/C18H19N5O2/c1-3-16-21-18(25-22-16)12-4-6-14-11(8-12)5-7-15(14)20-17(24)13-9-19-23(2)10-13/h4,6,8-10,15H,3,5,7H2,1-2H3,(H,20,24)/t15-/m1/s1. The predicted molar refractivity (Wildman–Crippen MR) is 90.8 cm³/mol. The van der Waals surface area contributed by atoms with Gasteiger partial charge in [0.2, 0.25) is 0 Å². The average molecular weight is 337 g/mol. The zero-order chi connectivity index (χ0) is 17.4. The van der Waals surface area contributed by atoms with Gasteiger partial charge in [0.05, 0.1) is 17.8 Å². The van der Waals surface area contributed by atoms with E-state index in [1.54, 1.807) is 24.1 Å². The van der Waals surface area contributed by atoms with E-state index in [4.69, 9.17) is 4.52 Å². The van der Waals surface area contributed by atoms with Gasteiger partial charge in [-0.1, -0.05) is 18.1 Å². The number of aromatic nitrogens is 4. The first kappa shape index (κ1) is 15.6. The molecule has 0 fully saturated rings. The molecular weight excluding hydrogens is 318 g/mol. The molecule has 1 aromatic carbocycles. The number of fused-ring (bicyclic) bond motifs is 1. The van der Waals surface area contributed by atoms with Gasteiger partial charge in [-0.3, -0.25) is 9.48 Å². The highest BCUT2D eigenvalue weighted by atomic mass is 16.5. The Hall–Kier alpha value is -2.96. The fraction of sp³-hybridized carbons (Fsp3) is 0.333. The summed E-state index contributed by atoms with van der Waals surface area (Å²) in [6, 6.07) is 6.12. The Morgan fingerprint density at radius 3 is 3.04 bits per heavy atom. The fourth-order valence-corrected chi connectivity index (χ4v) is 3.20. The third-order valence-electron chi connectivity index (χ3n) is 4.52. The maximum Gasteiger partial charge on any atom is 0.257 e. The van der Waals surface area contributed by atoms with Gasteiger partial charge in [0.25, 0.3) is 11.8 Å². The SMILES string of the molecule is CCc1noc(-c2ccc3c(c2)CC[C@H]3NC(=O)c2cnn(C)c2)n1. The number of nitrogens with one attached hydrogen (secondary N) is 1. The molecule has 4 rings (SSSR count). The van der Waals surface area contributed by atoms with Crippen LogP contribution in [0.15, 0.2) is 35.1 Å². The van der Waals surface area contributed by atoms with Crippen LogP contribution in [-0.4, -0.2) is 25.8 Å². The van der Waals surface area contributed by atoms with E-state index in [1.807, 2.05) is 19.1 Å². The summed E-state index contributed by atoms with van der Waals surface area (Å²) in [5, 5.41) is 11.1. The van der Waals surface area contributed by atoms with Crippen LogP contribution in [0.5, 0.6) is 0 Å². The third kappa shape index (κ3) is 2.93. The van der Waals surface area contributed by atoms with Crippen LogP contribution in [-0.2, 0) is 19.9 Å². The summed E-state index contributed by atoms with van der Waals surface area (Å²) in [6.07, 6.45) is 5.84. The van der Waals surface area contributed by atoms with Gasteiger partial charge in [0.1, 0.15) is 0 Å². The lowest BCUT2D eigenvalue weighted by Crippen LogP contribution is -2.26. The molecule has 7 nitrogen and oxygen atoms in total. The minimum Gasteiger partial charge on any atom is -0.345 e. The molecule has 1 amide bonds. The maximum absolute atomic E-state index is 12.4. The highest BCUT2D eigenvalue weighted by Crippen LogP contribution is 2.34. The van der Waals surface area contributed by atoms with E-state index in [2.05, 4.69) is 26.6 Å². The Bertz CT molecular complexity index is 927. The number of amides is 1. The van der Waals surface area contributed by atoms with Gasteiger partial charge in [-0.15, -0.1) is 0 Å². The van der Waals surface area contributed by atoms with Crippen molar-refractivity contribution in [1.29, 1.82) is 0 Å². The van der Waals surface area contributed by atoms with Crippen molar-refractivity contribution in [2.45, 2.75) is 32.2 Å². The number of hydrogen-bond acceptors (Lipinski definition) is 5. The summed E-state index contributed by atoms with van der Waals surface area (Å²) in [6.45, 7) is 1.99. The number of benzene rings is 1. The van der Waals surface area contributed by atoms with E-state index < -0.39 is 0 Å². The van der Waals surface area contributed by atoms with Crippen LogP contribution in [0.3, 0.4) is 0 Å². The number of rotatable bonds is 4. The van der Waals surface area contributed by atoms with Crippen molar-refractivity contribution in [2.24, 2.45) is 7.05 Å². The molecule has 0 saturated heterocycles. The molecule has 0 saturated carbocycles. The Labute approximate surface area is 145 Å². The molecule has 128 valence electrons. The van der Waals surface area contributed by atoms with Crippen molar-refractivity contribution in [3.8, 4) is 11.5 Å². The van der Waals surface area contributed by atoms with Crippen LogP contribution in [0.2, 0.25) is 0 Å². The number of carbonyl (C=O) groups excluding carboxylic acids is 1. The van der Waals surface area contributed by atoms with E-state index >= 15 is 0 Å². The molecule has 0 bridgehead atoms. The quantitative estimate of drug-likeness (QED) is 0.790. The topological polar surface area (TPSA) is 85.8 Å². The molecule has 2 aromatic heterocycles. The molecule has 3 aromatic rings. The molecule has 2 heterocycles. The molecule has 0 spiro atoms. The van der Waals surface area contributed by atoms with Crippen LogP contribution in [0, 0.1) is 0 Å². The van der Waals surface area contributed by atoms with Crippen molar-refractivity contribution in [1.82, 2.24) is 25.2 Å². The molecule has 25 heavy (non-hydrogen) atoms. The summed E-state index contributed by atoms with van der Waals surface area (Å²) in [7, 11) is 1.80. The first-order chi connectivity index (χ1) is 12.1. The predicted octanol–water partition coefficient (Wildman–Crippen LogP) is 2.45. The van der Waals surface area contributed by atoms with Gasteiger partial charge in [0.15, 0.2) is 5.82 Å².